The van der Waals surface area contributed by atoms with Crippen molar-refractivity contribution in [3.05, 3.63) is 0 Å². The minimum Gasteiger partial charge on any atom is -0.349 e. The maximum Gasteiger partial charge on any atom is 0.225 e. The molecular formula is C12H24N2O. The molecule has 1 aliphatic rings. The van der Waals surface area contributed by atoms with Gasteiger partial charge in [-0.15, -0.1) is 0 Å². The third kappa shape index (κ3) is 3.82. The first-order valence-electron chi connectivity index (χ1n) is 6.08. The topological polar surface area (TPSA) is 23.6 Å². The molecule has 88 valence electrons. The van der Waals surface area contributed by atoms with E-state index in [2.05, 4.69) is 11.8 Å². The fourth-order valence-electron chi connectivity index (χ4n) is 2.15. The number of hydrogen-bond donors (Lipinski definition) is 0. The van der Waals surface area contributed by atoms with Crippen molar-refractivity contribution in [3.63, 3.8) is 0 Å². The van der Waals surface area contributed by atoms with Crippen molar-refractivity contribution >= 4 is 5.91 Å². The molecule has 15 heavy (non-hydrogen) atoms. The average molecular weight is 212 g/mol. The molecule has 3 heteroatoms. The molecular weight excluding hydrogens is 188 g/mol. The molecule has 1 saturated heterocycles. The maximum absolute atomic E-state index is 11.7. The zero-order valence-corrected chi connectivity index (χ0v) is 10.3. The van der Waals surface area contributed by atoms with Gasteiger partial charge < -0.3 is 9.80 Å². The molecule has 0 aromatic carbocycles. The smallest absolute Gasteiger partial charge is 0.225 e. The highest BCUT2D eigenvalue weighted by atomic mass is 16.2. The van der Waals surface area contributed by atoms with Crippen LogP contribution in [0.25, 0.3) is 0 Å². The summed E-state index contributed by atoms with van der Waals surface area (Å²) < 4.78 is 0. The number of carbonyl (C=O) groups excluding carboxylic acids is 1. The van der Waals surface area contributed by atoms with Gasteiger partial charge in [-0.1, -0.05) is 13.3 Å². The maximum atomic E-state index is 11.7. The van der Waals surface area contributed by atoms with Crippen LogP contribution >= 0.6 is 0 Å². The minimum absolute atomic E-state index is 0.276. The summed E-state index contributed by atoms with van der Waals surface area (Å²) in [5.41, 5.74) is 0. The van der Waals surface area contributed by atoms with Crippen LogP contribution in [0.15, 0.2) is 0 Å². The summed E-state index contributed by atoms with van der Waals surface area (Å²) in [6.45, 7) is 5.64. The number of unbranched alkanes of at least 4 members (excludes halogenated alkanes) is 1. The molecule has 0 aromatic heterocycles. The second-order valence-electron chi connectivity index (χ2n) is 4.70. The summed E-state index contributed by atoms with van der Waals surface area (Å²) in [7, 11) is 3.71. The van der Waals surface area contributed by atoms with E-state index in [0.717, 1.165) is 25.9 Å². The quantitative estimate of drug-likeness (QED) is 0.706. The van der Waals surface area contributed by atoms with Gasteiger partial charge in [-0.05, 0) is 38.9 Å². The summed E-state index contributed by atoms with van der Waals surface area (Å²) in [5.74, 6) is 0.586. The van der Waals surface area contributed by atoms with Crippen molar-refractivity contribution in [1.29, 1.82) is 0 Å². The number of likely N-dealkylation sites (tertiary alicyclic amines) is 1. The molecule has 0 aliphatic carbocycles. The van der Waals surface area contributed by atoms with Gasteiger partial charge >= 0.3 is 0 Å². The van der Waals surface area contributed by atoms with Crippen LogP contribution < -0.4 is 0 Å². The molecule has 0 radical (unpaired) electrons. The lowest BCUT2D eigenvalue weighted by molar-refractivity contribution is -0.134. The van der Waals surface area contributed by atoms with Crippen LogP contribution in [-0.4, -0.2) is 49.4 Å². The largest absolute Gasteiger partial charge is 0.349 e. The van der Waals surface area contributed by atoms with Gasteiger partial charge in [0.05, 0.1) is 0 Å². The first kappa shape index (κ1) is 12.5. The highest BCUT2D eigenvalue weighted by molar-refractivity contribution is 5.78. The number of piperidine rings is 1. The Morgan fingerprint density at radius 3 is 2.40 bits per heavy atom. The van der Waals surface area contributed by atoms with Gasteiger partial charge in [0, 0.05) is 20.0 Å². The number of carbonyl (C=O) groups is 1. The molecule has 0 aromatic rings. The van der Waals surface area contributed by atoms with Gasteiger partial charge in [-0.25, -0.2) is 0 Å². The van der Waals surface area contributed by atoms with Crippen LogP contribution in [0.3, 0.4) is 0 Å². The predicted molar refractivity (Wildman–Crippen MR) is 62.8 cm³/mol. The van der Waals surface area contributed by atoms with E-state index in [9.17, 15) is 4.79 Å². The van der Waals surface area contributed by atoms with Crippen molar-refractivity contribution in [2.24, 2.45) is 5.92 Å². The van der Waals surface area contributed by atoms with Crippen LogP contribution in [0.2, 0.25) is 0 Å². The molecule has 1 fully saturated rings. The molecule has 0 saturated carbocycles. The summed E-state index contributed by atoms with van der Waals surface area (Å²) in [6, 6.07) is 0. The van der Waals surface area contributed by atoms with Crippen LogP contribution in [0, 0.1) is 5.92 Å². The fraction of sp³-hybridized carbons (Fsp3) is 0.917. The number of nitrogens with zero attached hydrogens (tertiary/aromatic N) is 2. The molecule has 0 spiro atoms. The normalized spacial score (nSPS) is 19.1. The van der Waals surface area contributed by atoms with Gasteiger partial charge in [0.15, 0.2) is 0 Å². The Balaban J connectivity index is 2.26. The Kier molecular flexibility index (Phi) is 5.09. The zero-order valence-electron chi connectivity index (χ0n) is 10.3. The van der Waals surface area contributed by atoms with Crippen molar-refractivity contribution in [3.8, 4) is 0 Å². The van der Waals surface area contributed by atoms with Gasteiger partial charge in [-0.2, -0.15) is 0 Å². The SMILES string of the molecule is CCCCN1CCC(C(=O)N(C)C)CC1. The van der Waals surface area contributed by atoms with E-state index in [4.69, 9.17) is 0 Å². The zero-order chi connectivity index (χ0) is 11.3. The summed E-state index contributed by atoms with van der Waals surface area (Å²) >= 11 is 0. The van der Waals surface area contributed by atoms with E-state index in [1.807, 2.05) is 14.1 Å². The summed E-state index contributed by atoms with van der Waals surface area (Å²) in [6.07, 6.45) is 4.63. The second-order valence-corrected chi connectivity index (χ2v) is 4.70. The Hall–Kier alpha value is -0.570. The Morgan fingerprint density at radius 1 is 1.33 bits per heavy atom. The molecule has 1 aliphatic heterocycles. The highest BCUT2D eigenvalue weighted by Gasteiger charge is 2.25. The first-order chi connectivity index (χ1) is 7.15. The first-order valence-corrected chi connectivity index (χ1v) is 6.08. The van der Waals surface area contributed by atoms with E-state index in [1.54, 1.807) is 4.90 Å². The summed E-state index contributed by atoms with van der Waals surface area (Å²) in [5, 5.41) is 0. The van der Waals surface area contributed by atoms with Gasteiger partial charge in [0.1, 0.15) is 0 Å². The van der Waals surface area contributed by atoms with Crippen LogP contribution in [0.5, 0.6) is 0 Å². The monoisotopic (exact) mass is 212 g/mol. The molecule has 1 rings (SSSR count). The van der Waals surface area contributed by atoms with Crippen LogP contribution in [0.4, 0.5) is 0 Å². The lowest BCUT2D eigenvalue weighted by atomic mass is 9.95. The predicted octanol–water partition coefficient (Wildman–Crippen LogP) is 1.59. The average Bonchev–Trinajstić information content (AvgIpc) is 2.26. The van der Waals surface area contributed by atoms with E-state index >= 15 is 0 Å². The van der Waals surface area contributed by atoms with Crippen molar-refractivity contribution in [2.45, 2.75) is 32.6 Å². The Labute approximate surface area is 93.4 Å². The Bertz CT molecular complexity index is 196. The van der Waals surface area contributed by atoms with E-state index in [-0.39, 0.29) is 5.92 Å². The number of hydrogen-bond acceptors (Lipinski definition) is 2. The molecule has 1 heterocycles. The van der Waals surface area contributed by atoms with Crippen molar-refractivity contribution < 1.29 is 4.79 Å². The molecule has 0 unspecified atom stereocenters. The Morgan fingerprint density at radius 2 is 1.93 bits per heavy atom. The number of rotatable bonds is 4. The van der Waals surface area contributed by atoms with E-state index in [0.29, 0.717) is 5.91 Å². The lowest BCUT2D eigenvalue weighted by Gasteiger charge is -2.32. The third-order valence-electron chi connectivity index (χ3n) is 3.21. The van der Waals surface area contributed by atoms with Crippen molar-refractivity contribution in [1.82, 2.24) is 9.80 Å². The van der Waals surface area contributed by atoms with Gasteiger partial charge in [0.25, 0.3) is 0 Å². The lowest BCUT2D eigenvalue weighted by Crippen LogP contribution is -2.40. The molecule has 1 amide bonds. The molecule has 0 atom stereocenters. The fourth-order valence-corrected chi connectivity index (χ4v) is 2.15. The third-order valence-corrected chi connectivity index (χ3v) is 3.21. The van der Waals surface area contributed by atoms with Gasteiger partial charge in [-0.3, -0.25) is 4.79 Å². The van der Waals surface area contributed by atoms with Crippen LogP contribution in [0.1, 0.15) is 32.6 Å². The van der Waals surface area contributed by atoms with Crippen molar-refractivity contribution in [2.75, 3.05) is 33.7 Å². The van der Waals surface area contributed by atoms with Gasteiger partial charge in [0.2, 0.25) is 5.91 Å². The van der Waals surface area contributed by atoms with E-state index in [1.165, 1.54) is 19.4 Å². The minimum atomic E-state index is 0.276. The molecule has 3 nitrogen and oxygen atoms in total. The summed E-state index contributed by atoms with van der Waals surface area (Å²) in [4.78, 5) is 15.9. The standard InChI is InChI=1S/C12H24N2O/c1-4-5-8-14-9-6-11(7-10-14)12(15)13(2)3/h11H,4-10H2,1-3H3. The van der Waals surface area contributed by atoms with E-state index < -0.39 is 0 Å². The molecule has 0 bridgehead atoms. The second kappa shape index (κ2) is 6.11. The van der Waals surface area contributed by atoms with Crippen LogP contribution in [-0.2, 0) is 4.79 Å². The highest BCUT2D eigenvalue weighted by Crippen LogP contribution is 2.18. The number of amides is 1. The molecule has 0 N–H and O–H groups in total.